The van der Waals surface area contributed by atoms with E-state index < -0.39 is 22.5 Å². The van der Waals surface area contributed by atoms with Crippen molar-refractivity contribution < 1.29 is 22.7 Å². The van der Waals surface area contributed by atoms with Gasteiger partial charge >= 0.3 is 0 Å². The van der Waals surface area contributed by atoms with Crippen molar-refractivity contribution in [2.75, 3.05) is 30.4 Å². The molecule has 0 bridgehead atoms. The molecule has 1 amide bonds. The fraction of sp³-hybridized carbons (Fsp3) is 0.269. The zero-order valence-corrected chi connectivity index (χ0v) is 20.8. The number of aryl methyl sites for hydroxylation is 1. The molecule has 0 fully saturated rings. The SMILES string of the molecule is COc1ccc(S(=O)(=O)N(CC(=O)Nc2ccccc2C(C)C)c2ccc(C)cc2)cc1OC. The third-order valence-electron chi connectivity index (χ3n) is 5.41. The lowest BCUT2D eigenvalue weighted by atomic mass is 10.0. The molecular formula is C26H30N2O5S. The predicted molar refractivity (Wildman–Crippen MR) is 134 cm³/mol. The van der Waals surface area contributed by atoms with Gasteiger partial charge in [0.25, 0.3) is 10.0 Å². The number of methoxy groups -OCH3 is 2. The number of nitrogens with zero attached hydrogens (tertiary/aromatic N) is 1. The summed E-state index contributed by atoms with van der Waals surface area (Å²) in [7, 11) is -1.19. The number of benzene rings is 3. The topological polar surface area (TPSA) is 84.9 Å². The Morgan fingerprint density at radius 1 is 0.941 bits per heavy atom. The molecule has 34 heavy (non-hydrogen) atoms. The van der Waals surface area contributed by atoms with Crippen LogP contribution in [0.15, 0.2) is 71.6 Å². The Balaban J connectivity index is 1.99. The highest BCUT2D eigenvalue weighted by atomic mass is 32.2. The highest BCUT2D eigenvalue weighted by Gasteiger charge is 2.28. The Morgan fingerprint density at radius 3 is 2.21 bits per heavy atom. The van der Waals surface area contributed by atoms with E-state index in [2.05, 4.69) is 5.32 Å². The van der Waals surface area contributed by atoms with Crippen molar-refractivity contribution in [3.8, 4) is 11.5 Å². The molecule has 0 aliphatic heterocycles. The number of carbonyl (C=O) groups excluding carboxylic acids is 1. The molecule has 0 saturated heterocycles. The first-order valence-corrected chi connectivity index (χ1v) is 12.3. The highest BCUT2D eigenvalue weighted by molar-refractivity contribution is 7.92. The van der Waals surface area contributed by atoms with Gasteiger partial charge in [0.15, 0.2) is 11.5 Å². The van der Waals surface area contributed by atoms with Crippen molar-refractivity contribution in [2.45, 2.75) is 31.6 Å². The lowest BCUT2D eigenvalue weighted by Crippen LogP contribution is -2.38. The van der Waals surface area contributed by atoms with Gasteiger partial charge in [-0.2, -0.15) is 0 Å². The first-order valence-electron chi connectivity index (χ1n) is 10.9. The quantitative estimate of drug-likeness (QED) is 0.465. The van der Waals surface area contributed by atoms with Gasteiger partial charge in [0.2, 0.25) is 5.91 Å². The fourth-order valence-corrected chi connectivity index (χ4v) is 5.00. The molecule has 0 aliphatic carbocycles. The molecule has 180 valence electrons. The second-order valence-electron chi connectivity index (χ2n) is 8.15. The van der Waals surface area contributed by atoms with Gasteiger partial charge in [0.05, 0.1) is 24.8 Å². The number of sulfonamides is 1. The minimum absolute atomic E-state index is 0.0129. The number of ether oxygens (including phenoxy) is 2. The van der Waals surface area contributed by atoms with Crippen LogP contribution in [-0.4, -0.2) is 35.1 Å². The molecule has 0 heterocycles. The van der Waals surface area contributed by atoms with Crippen molar-refractivity contribution in [1.82, 2.24) is 0 Å². The van der Waals surface area contributed by atoms with Crippen molar-refractivity contribution >= 4 is 27.3 Å². The van der Waals surface area contributed by atoms with Gasteiger partial charge in [-0.1, -0.05) is 49.7 Å². The lowest BCUT2D eigenvalue weighted by molar-refractivity contribution is -0.114. The minimum Gasteiger partial charge on any atom is -0.493 e. The fourth-order valence-electron chi connectivity index (χ4n) is 3.56. The van der Waals surface area contributed by atoms with Crippen LogP contribution in [0, 0.1) is 6.92 Å². The van der Waals surface area contributed by atoms with Gasteiger partial charge < -0.3 is 14.8 Å². The molecule has 0 unspecified atom stereocenters. The summed E-state index contributed by atoms with van der Waals surface area (Å²) in [6.07, 6.45) is 0. The van der Waals surface area contributed by atoms with Gasteiger partial charge in [-0.3, -0.25) is 9.10 Å². The third-order valence-corrected chi connectivity index (χ3v) is 7.18. The van der Waals surface area contributed by atoms with Crippen LogP contribution in [0.5, 0.6) is 11.5 Å². The Labute approximate surface area is 201 Å². The highest BCUT2D eigenvalue weighted by Crippen LogP contribution is 2.32. The molecular weight excluding hydrogens is 452 g/mol. The average molecular weight is 483 g/mol. The van der Waals surface area contributed by atoms with Crippen LogP contribution < -0.4 is 19.1 Å². The maximum Gasteiger partial charge on any atom is 0.264 e. The summed E-state index contributed by atoms with van der Waals surface area (Å²) in [4.78, 5) is 13.1. The molecule has 0 spiro atoms. The van der Waals surface area contributed by atoms with E-state index in [1.807, 2.05) is 45.0 Å². The maximum atomic E-state index is 13.7. The largest absolute Gasteiger partial charge is 0.493 e. The van der Waals surface area contributed by atoms with E-state index in [0.29, 0.717) is 17.1 Å². The standard InChI is InChI=1S/C26H30N2O5S/c1-18(2)22-8-6-7-9-23(22)27-26(29)17-28(20-12-10-19(3)11-13-20)34(30,31)21-14-15-24(32-4)25(16-21)33-5/h6-16,18H,17H2,1-5H3,(H,27,29). The number of anilines is 2. The van der Waals surface area contributed by atoms with Gasteiger partial charge in [-0.05, 0) is 48.7 Å². The first-order chi connectivity index (χ1) is 16.2. The Morgan fingerprint density at radius 2 is 1.59 bits per heavy atom. The van der Waals surface area contributed by atoms with E-state index in [9.17, 15) is 13.2 Å². The minimum atomic E-state index is -4.10. The van der Waals surface area contributed by atoms with Crippen LogP contribution >= 0.6 is 0 Å². The molecule has 0 saturated carbocycles. The zero-order valence-electron chi connectivity index (χ0n) is 20.0. The number of nitrogens with one attached hydrogen (secondary N) is 1. The van der Waals surface area contributed by atoms with Crippen molar-refractivity contribution in [3.63, 3.8) is 0 Å². The molecule has 8 heteroatoms. The molecule has 0 radical (unpaired) electrons. The molecule has 1 N–H and O–H groups in total. The Bertz CT molecular complexity index is 1250. The van der Waals surface area contributed by atoms with E-state index in [1.54, 1.807) is 24.3 Å². The summed E-state index contributed by atoms with van der Waals surface area (Å²) in [5.41, 5.74) is 2.99. The van der Waals surface area contributed by atoms with E-state index >= 15 is 0 Å². The maximum absolute atomic E-state index is 13.7. The number of amides is 1. The number of carbonyl (C=O) groups is 1. The molecule has 0 aromatic heterocycles. The summed E-state index contributed by atoms with van der Waals surface area (Å²) in [5.74, 6) is 0.437. The van der Waals surface area contributed by atoms with Crippen LogP contribution in [0.1, 0.15) is 30.9 Å². The molecule has 7 nitrogen and oxygen atoms in total. The summed E-state index contributed by atoms with van der Waals surface area (Å²) in [6.45, 7) is 5.58. The molecule has 3 rings (SSSR count). The normalized spacial score (nSPS) is 11.2. The third kappa shape index (κ3) is 5.51. The summed E-state index contributed by atoms with van der Waals surface area (Å²) >= 11 is 0. The molecule has 3 aromatic rings. The van der Waals surface area contributed by atoms with Gasteiger partial charge in [-0.25, -0.2) is 8.42 Å². The number of hydrogen-bond acceptors (Lipinski definition) is 5. The number of para-hydroxylation sites is 1. The molecule has 3 aromatic carbocycles. The summed E-state index contributed by atoms with van der Waals surface area (Å²) in [6, 6.07) is 18.8. The van der Waals surface area contributed by atoms with Crippen molar-refractivity contribution in [1.29, 1.82) is 0 Å². The molecule has 0 atom stereocenters. The van der Waals surface area contributed by atoms with Gasteiger partial charge in [0.1, 0.15) is 6.54 Å². The second-order valence-corrected chi connectivity index (χ2v) is 10.0. The van der Waals surface area contributed by atoms with E-state index in [0.717, 1.165) is 15.4 Å². The van der Waals surface area contributed by atoms with Crippen LogP contribution in [0.4, 0.5) is 11.4 Å². The average Bonchev–Trinajstić information content (AvgIpc) is 2.82. The molecule has 0 aliphatic rings. The smallest absolute Gasteiger partial charge is 0.264 e. The Hall–Kier alpha value is -3.52. The first kappa shape index (κ1) is 25.1. The number of hydrogen-bond donors (Lipinski definition) is 1. The van der Waals surface area contributed by atoms with Crippen molar-refractivity contribution in [3.05, 3.63) is 77.9 Å². The number of rotatable bonds is 9. The summed E-state index contributed by atoms with van der Waals surface area (Å²) < 4.78 is 39.0. The zero-order chi connectivity index (χ0) is 24.9. The van der Waals surface area contributed by atoms with E-state index in [1.165, 1.54) is 32.4 Å². The van der Waals surface area contributed by atoms with E-state index in [4.69, 9.17) is 9.47 Å². The summed E-state index contributed by atoms with van der Waals surface area (Å²) in [5, 5.41) is 2.88. The van der Waals surface area contributed by atoms with Crippen LogP contribution in [-0.2, 0) is 14.8 Å². The van der Waals surface area contributed by atoms with Crippen molar-refractivity contribution in [2.24, 2.45) is 0 Å². The predicted octanol–water partition coefficient (Wildman–Crippen LogP) is 4.97. The Kier molecular flexibility index (Phi) is 7.83. The monoisotopic (exact) mass is 482 g/mol. The lowest BCUT2D eigenvalue weighted by Gasteiger charge is -2.25. The van der Waals surface area contributed by atoms with E-state index in [-0.39, 0.29) is 16.6 Å². The van der Waals surface area contributed by atoms with Crippen LogP contribution in [0.25, 0.3) is 0 Å². The van der Waals surface area contributed by atoms with Gasteiger partial charge in [0, 0.05) is 11.8 Å². The van der Waals surface area contributed by atoms with Crippen LogP contribution in [0.3, 0.4) is 0 Å². The second kappa shape index (κ2) is 10.6. The van der Waals surface area contributed by atoms with Gasteiger partial charge in [-0.15, -0.1) is 0 Å². The van der Waals surface area contributed by atoms with Crippen LogP contribution in [0.2, 0.25) is 0 Å².